The van der Waals surface area contributed by atoms with Crippen LogP contribution < -0.4 is 5.32 Å². The Morgan fingerprint density at radius 2 is 2.26 bits per heavy atom. The highest BCUT2D eigenvalue weighted by Gasteiger charge is 2.30. The zero-order chi connectivity index (χ0) is 13.7. The van der Waals surface area contributed by atoms with E-state index in [-0.39, 0.29) is 12.1 Å². The van der Waals surface area contributed by atoms with E-state index in [9.17, 15) is 0 Å². The monoisotopic (exact) mass is 266 g/mol. The third kappa shape index (κ3) is 3.35. The van der Waals surface area contributed by atoms with Gasteiger partial charge in [0.05, 0.1) is 24.4 Å². The molecule has 2 heterocycles. The van der Waals surface area contributed by atoms with Gasteiger partial charge in [-0.25, -0.2) is 0 Å². The quantitative estimate of drug-likeness (QED) is 0.842. The van der Waals surface area contributed by atoms with Gasteiger partial charge in [0.15, 0.2) is 0 Å². The molecule has 1 N–H and O–H groups in total. The number of hydrogen-bond acceptors (Lipinski definition) is 4. The van der Waals surface area contributed by atoms with E-state index in [1.54, 1.807) is 0 Å². The summed E-state index contributed by atoms with van der Waals surface area (Å²) < 4.78 is 8.06. The summed E-state index contributed by atoms with van der Waals surface area (Å²) in [5.41, 5.74) is 1.23. The lowest BCUT2D eigenvalue weighted by molar-refractivity contribution is -0.0467. The van der Waals surface area contributed by atoms with Crippen molar-refractivity contribution < 1.29 is 4.74 Å². The number of ether oxygens (including phenoxy) is 1. The second-order valence-corrected chi connectivity index (χ2v) is 4.91. The van der Waals surface area contributed by atoms with Crippen molar-refractivity contribution in [2.45, 2.75) is 39.5 Å². The van der Waals surface area contributed by atoms with E-state index >= 15 is 0 Å². The van der Waals surface area contributed by atoms with Gasteiger partial charge >= 0.3 is 0 Å². The summed E-state index contributed by atoms with van der Waals surface area (Å²) in [6, 6.07) is 2.33. The minimum Gasteiger partial charge on any atom is -0.374 e. The molecule has 1 fully saturated rings. The average molecular weight is 266 g/mol. The van der Waals surface area contributed by atoms with E-state index in [2.05, 4.69) is 46.8 Å². The highest BCUT2D eigenvalue weighted by molar-refractivity contribution is 5.10. The second kappa shape index (κ2) is 7.03. The van der Waals surface area contributed by atoms with E-state index in [0.29, 0.717) is 0 Å². The van der Waals surface area contributed by atoms with Crippen LogP contribution in [0.15, 0.2) is 12.3 Å². The highest BCUT2D eigenvalue weighted by atomic mass is 16.5. The van der Waals surface area contributed by atoms with E-state index in [1.165, 1.54) is 5.69 Å². The summed E-state index contributed by atoms with van der Waals surface area (Å²) in [5, 5.41) is 7.94. The van der Waals surface area contributed by atoms with E-state index < -0.39 is 0 Å². The first-order chi connectivity index (χ1) is 9.30. The van der Waals surface area contributed by atoms with E-state index in [1.807, 2.05) is 6.20 Å². The predicted octanol–water partition coefficient (Wildman–Crippen LogP) is 1.27. The van der Waals surface area contributed by atoms with Gasteiger partial charge in [-0.3, -0.25) is 9.58 Å². The molecule has 108 valence electrons. The first kappa shape index (κ1) is 14.5. The van der Waals surface area contributed by atoms with Crippen molar-refractivity contribution in [1.29, 1.82) is 0 Å². The lowest BCUT2D eigenvalue weighted by atomic mass is 10.1. The Bertz CT molecular complexity index is 379. The molecule has 2 rings (SSSR count). The van der Waals surface area contributed by atoms with Crippen molar-refractivity contribution in [1.82, 2.24) is 20.0 Å². The summed E-state index contributed by atoms with van der Waals surface area (Å²) >= 11 is 0. The largest absolute Gasteiger partial charge is 0.374 e. The predicted molar refractivity (Wildman–Crippen MR) is 76.2 cm³/mol. The molecule has 5 nitrogen and oxygen atoms in total. The van der Waals surface area contributed by atoms with Crippen molar-refractivity contribution in [3.05, 3.63) is 18.0 Å². The lowest BCUT2D eigenvalue weighted by Crippen LogP contribution is -2.48. The number of rotatable bonds is 6. The number of morpholine rings is 1. The molecule has 0 aliphatic carbocycles. The van der Waals surface area contributed by atoms with Crippen LogP contribution in [0.4, 0.5) is 0 Å². The average Bonchev–Trinajstić information content (AvgIpc) is 2.93. The van der Waals surface area contributed by atoms with Crippen molar-refractivity contribution in [2.24, 2.45) is 0 Å². The van der Waals surface area contributed by atoms with E-state index in [4.69, 9.17) is 4.74 Å². The zero-order valence-electron chi connectivity index (χ0n) is 12.3. The summed E-state index contributed by atoms with van der Waals surface area (Å²) in [6.45, 7) is 12.2. The van der Waals surface area contributed by atoms with Crippen LogP contribution in [0.3, 0.4) is 0 Å². The lowest BCUT2D eigenvalue weighted by Gasteiger charge is -2.37. The molecule has 2 atom stereocenters. The molecule has 1 saturated heterocycles. The number of nitrogens with one attached hydrogen (secondary N) is 1. The fraction of sp³-hybridized carbons (Fsp3) is 0.786. The van der Waals surface area contributed by atoms with Gasteiger partial charge in [0.25, 0.3) is 0 Å². The Balaban J connectivity index is 2.15. The summed E-state index contributed by atoms with van der Waals surface area (Å²) in [5.74, 6) is 0. The van der Waals surface area contributed by atoms with Crippen LogP contribution in [-0.4, -0.2) is 53.6 Å². The van der Waals surface area contributed by atoms with Gasteiger partial charge < -0.3 is 10.1 Å². The van der Waals surface area contributed by atoms with Crippen LogP contribution in [0, 0.1) is 0 Å². The Hall–Kier alpha value is -0.910. The number of likely N-dealkylation sites (N-methyl/N-ethyl adjacent to an activating group) is 2. The fourth-order valence-corrected chi connectivity index (χ4v) is 2.74. The molecule has 1 aromatic rings. The second-order valence-electron chi connectivity index (χ2n) is 4.91. The number of aromatic nitrogens is 2. The van der Waals surface area contributed by atoms with Gasteiger partial charge in [-0.15, -0.1) is 0 Å². The molecule has 0 saturated carbocycles. The molecular formula is C14H26N4O. The molecule has 0 aromatic carbocycles. The fourth-order valence-electron chi connectivity index (χ4n) is 2.74. The maximum Gasteiger partial charge on any atom is 0.0912 e. The Morgan fingerprint density at radius 1 is 1.42 bits per heavy atom. The maximum absolute atomic E-state index is 6.00. The number of aryl methyl sites for hydroxylation is 1. The topological polar surface area (TPSA) is 42.3 Å². The Labute approximate surface area is 115 Å². The van der Waals surface area contributed by atoms with Crippen LogP contribution in [0.5, 0.6) is 0 Å². The maximum atomic E-state index is 6.00. The Morgan fingerprint density at radius 3 is 2.95 bits per heavy atom. The minimum absolute atomic E-state index is 0.204. The third-order valence-electron chi connectivity index (χ3n) is 3.79. The third-order valence-corrected chi connectivity index (χ3v) is 3.79. The smallest absolute Gasteiger partial charge is 0.0912 e. The summed E-state index contributed by atoms with van der Waals surface area (Å²) in [7, 11) is 0. The van der Waals surface area contributed by atoms with Gasteiger partial charge in [-0.1, -0.05) is 13.8 Å². The molecule has 5 heteroatoms. The van der Waals surface area contributed by atoms with Crippen molar-refractivity contribution in [3.8, 4) is 0 Å². The SMILES string of the molecule is CCNC(c1ccnn1CC)C1CN(CC)CCO1. The Kier molecular flexibility index (Phi) is 5.36. The molecule has 1 aliphatic rings. The van der Waals surface area contributed by atoms with Crippen molar-refractivity contribution in [3.63, 3.8) is 0 Å². The molecule has 0 bridgehead atoms. The normalized spacial score (nSPS) is 22.6. The zero-order valence-corrected chi connectivity index (χ0v) is 12.3. The molecule has 0 radical (unpaired) electrons. The van der Waals surface area contributed by atoms with Crippen molar-refractivity contribution >= 4 is 0 Å². The minimum atomic E-state index is 0.204. The number of nitrogens with zero attached hydrogens (tertiary/aromatic N) is 3. The molecule has 0 amide bonds. The summed E-state index contributed by atoms with van der Waals surface area (Å²) in [6.07, 6.45) is 2.08. The molecule has 19 heavy (non-hydrogen) atoms. The number of hydrogen-bond donors (Lipinski definition) is 1. The van der Waals surface area contributed by atoms with E-state index in [0.717, 1.165) is 39.3 Å². The van der Waals surface area contributed by atoms with Crippen molar-refractivity contribution in [2.75, 3.05) is 32.8 Å². The molecule has 0 spiro atoms. The van der Waals surface area contributed by atoms with Crippen LogP contribution in [0.25, 0.3) is 0 Å². The van der Waals surface area contributed by atoms with Gasteiger partial charge in [0, 0.05) is 25.8 Å². The molecule has 1 aliphatic heterocycles. The highest BCUT2D eigenvalue weighted by Crippen LogP contribution is 2.22. The van der Waals surface area contributed by atoms with Crippen LogP contribution in [0.2, 0.25) is 0 Å². The molecule has 1 aromatic heterocycles. The van der Waals surface area contributed by atoms with Gasteiger partial charge in [0.1, 0.15) is 0 Å². The van der Waals surface area contributed by atoms with Gasteiger partial charge in [-0.05, 0) is 26.1 Å². The standard InChI is InChI=1S/C14H26N4O/c1-4-15-14(12-7-8-16-18(12)6-3)13-11-17(5-2)9-10-19-13/h7-8,13-15H,4-6,9-11H2,1-3H3. The van der Waals surface area contributed by atoms with Crippen LogP contribution in [-0.2, 0) is 11.3 Å². The summed E-state index contributed by atoms with van der Waals surface area (Å²) in [4.78, 5) is 2.45. The first-order valence-corrected chi connectivity index (χ1v) is 7.39. The molecule has 2 unspecified atom stereocenters. The first-order valence-electron chi connectivity index (χ1n) is 7.39. The molecular weight excluding hydrogens is 240 g/mol. The van der Waals surface area contributed by atoms with Gasteiger partial charge in [0.2, 0.25) is 0 Å². The van der Waals surface area contributed by atoms with Gasteiger partial charge in [-0.2, -0.15) is 5.10 Å². The van der Waals surface area contributed by atoms with Crippen LogP contribution in [0.1, 0.15) is 32.5 Å². The van der Waals surface area contributed by atoms with Crippen LogP contribution >= 0.6 is 0 Å².